The highest BCUT2D eigenvalue weighted by Gasteiger charge is 2.41. The number of amides is 1. The van der Waals surface area contributed by atoms with Gasteiger partial charge in [0.15, 0.2) is 0 Å². The molecule has 0 radical (unpaired) electrons. The van der Waals surface area contributed by atoms with Crippen LogP contribution in [-0.4, -0.2) is 45.6 Å². The van der Waals surface area contributed by atoms with Crippen LogP contribution in [0.5, 0.6) is 0 Å². The number of carboxylic acids is 1. The number of hydrogen-bond donors (Lipinski definition) is 3. The fourth-order valence-electron chi connectivity index (χ4n) is 4.16. The molecule has 1 aliphatic heterocycles. The molecule has 1 aromatic carbocycles. The first kappa shape index (κ1) is 24.4. The molecule has 174 valence electrons. The van der Waals surface area contributed by atoms with Gasteiger partial charge in [-0.3, -0.25) is 14.9 Å². The summed E-state index contributed by atoms with van der Waals surface area (Å²) in [5, 5.41) is 12.8. The third-order valence-electron chi connectivity index (χ3n) is 6.19. The molecule has 1 unspecified atom stereocenters. The lowest BCUT2D eigenvalue weighted by Crippen LogP contribution is -2.55. The second kappa shape index (κ2) is 9.68. The van der Waals surface area contributed by atoms with Crippen molar-refractivity contribution in [2.45, 2.75) is 65.7 Å². The van der Waals surface area contributed by atoms with Crippen LogP contribution in [0.1, 0.15) is 57.8 Å². The Balaban J connectivity index is 1.75. The van der Waals surface area contributed by atoms with Gasteiger partial charge >= 0.3 is 5.97 Å². The summed E-state index contributed by atoms with van der Waals surface area (Å²) < 4.78 is 0. The summed E-state index contributed by atoms with van der Waals surface area (Å²) >= 11 is 1.63. The molecule has 8 heteroatoms. The highest BCUT2D eigenvalue weighted by molar-refractivity contribution is 7.13. The Kier molecular flexibility index (Phi) is 7.37. The van der Waals surface area contributed by atoms with Crippen molar-refractivity contribution in [3.05, 3.63) is 41.0 Å². The van der Waals surface area contributed by atoms with Gasteiger partial charge in [-0.05, 0) is 42.7 Å². The number of nitrogens with two attached hydrogens (primary N) is 1. The maximum atomic E-state index is 13.2. The Morgan fingerprint density at radius 3 is 2.50 bits per heavy atom. The third kappa shape index (κ3) is 5.54. The fourth-order valence-corrected chi connectivity index (χ4v) is 4.97. The quantitative estimate of drug-likeness (QED) is 0.582. The summed E-state index contributed by atoms with van der Waals surface area (Å²) in [5.74, 6) is -1.07. The molecule has 1 saturated heterocycles. The number of likely N-dealkylation sites (tertiary alicyclic amines) is 1. The fraction of sp³-hybridized carbons (Fsp3) is 0.542. The summed E-state index contributed by atoms with van der Waals surface area (Å²) in [4.78, 5) is 31.7. The molecule has 2 aromatic rings. The van der Waals surface area contributed by atoms with Crippen LogP contribution in [0, 0.1) is 18.3 Å². The van der Waals surface area contributed by atoms with E-state index in [2.05, 4.69) is 41.5 Å². The van der Waals surface area contributed by atoms with Gasteiger partial charge in [-0.15, -0.1) is 11.3 Å². The van der Waals surface area contributed by atoms with Crippen molar-refractivity contribution in [3.8, 4) is 10.4 Å². The van der Waals surface area contributed by atoms with E-state index in [1.165, 1.54) is 0 Å². The minimum atomic E-state index is -0.842. The van der Waals surface area contributed by atoms with Gasteiger partial charge in [0.1, 0.15) is 0 Å². The van der Waals surface area contributed by atoms with Gasteiger partial charge in [0, 0.05) is 19.0 Å². The van der Waals surface area contributed by atoms with E-state index < -0.39 is 12.0 Å². The average Bonchev–Trinajstić information content (AvgIpc) is 3.31. The van der Waals surface area contributed by atoms with Gasteiger partial charge in [0.25, 0.3) is 0 Å². The number of nitrogens with one attached hydrogen (secondary N) is 1. The van der Waals surface area contributed by atoms with E-state index in [-0.39, 0.29) is 35.9 Å². The third-order valence-corrected chi connectivity index (χ3v) is 7.17. The number of rotatable bonds is 7. The van der Waals surface area contributed by atoms with Crippen molar-refractivity contribution < 1.29 is 14.7 Å². The van der Waals surface area contributed by atoms with Crippen LogP contribution < -0.4 is 11.1 Å². The van der Waals surface area contributed by atoms with E-state index in [0.29, 0.717) is 13.0 Å². The number of carboxylic acid groups (broad SMARTS) is 1. The molecular formula is C24H34N4O3S. The van der Waals surface area contributed by atoms with Gasteiger partial charge in [0.05, 0.1) is 28.3 Å². The Labute approximate surface area is 194 Å². The molecule has 4 atom stereocenters. The average molecular weight is 459 g/mol. The van der Waals surface area contributed by atoms with E-state index in [4.69, 9.17) is 5.73 Å². The van der Waals surface area contributed by atoms with Crippen molar-refractivity contribution in [1.82, 2.24) is 15.2 Å². The molecule has 0 spiro atoms. The first-order valence-corrected chi connectivity index (χ1v) is 11.9. The SMILES string of the molecule is Cc1ncsc1-c1ccc([C@H](C)N[C@@H]2C[C@H](CC(=O)O)CN2C(=O)C(N)C(C)(C)C)cc1. The van der Waals surface area contributed by atoms with Gasteiger partial charge < -0.3 is 15.7 Å². The van der Waals surface area contributed by atoms with Crippen LogP contribution >= 0.6 is 11.3 Å². The standard InChI is InChI=1S/C24H34N4O3S/c1-14(17-6-8-18(9-7-17)21-15(2)26-13-32-21)27-19-10-16(11-20(29)30)12-28(19)23(31)22(25)24(3,4)5/h6-9,13-14,16,19,22,27H,10-12,25H2,1-5H3,(H,29,30)/t14-,16+,19-,22?/m0/s1. The van der Waals surface area contributed by atoms with Crippen LogP contribution in [-0.2, 0) is 9.59 Å². The maximum absolute atomic E-state index is 13.2. The van der Waals surface area contributed by atoms with Crippen LogP contribution in [0.2, 0.25) is 0 Å². The second-order valence-electron chi connectivity index (χ2n) is 9.83. The number of aromatic nitrogens is 1. The van der Waals surface area contributed by atoms with E-state index >= 15 is 0 Å². The summed E-state index contributed by atoms with van der Waals surface area (Å²) in [6.45, 7) is 10.3. The van der Waals surface area contributed by atoms with Crippen LogP contribution in [0.15, 0.2) is 29.8 Å². The van der Waals surface area contributed by atoms with Gasteiger partial charge in [-0.25, -0.2) is 4.98 Å². The maximum Gasteiger partial charge on any atom is 0.303 e. The summed E-state index contributed by atoms with van der Waals surface area (Å²) in [7, 11) is 0. The molecule has 1 aromatic heterocycles. The van der Waals surface area contributed by atoms with E-state index in [1.54, 1.807) is 16.2 Å². The Bertz CT molecular complexity index is 951. The molecule has 4 N–H and O–H groups in total. The van der Waals surface area contributed by atoms with Gasteiger partial charge in [0.2, 0.25) is 5.91 Å². The second-order valence-corrected chi connectivity index (χ2v) is 10.7. The van der Waals surface area contributed by atoms with Crippen LogP contribution in [0.25, 0.3) is 10.4 Å². The lowest BCUT2D eigenvalue weighted by molar-refractivity contribution is -0.139. The number of hydrogen-bond acceptors (Lipinski definition) is 6. The zero-order valence-electron chi connectivity index (χ0n) is 19.5. The van der Waals surface area contributed by atoms with Crippen molar-refractivity contribution in [1.29, 1.82) is 0 Å². The molecule has 1 amide bonds. The molecule has 0 aliphatic carbocycles. The molecule has 0 bridgehead atoms. The van der Waals surface area contributed by atoms with Gasteiger partial charge in [-0.2, -0.15) is 0 Å². The van der Waals surface area contributed by atoms with Crippen LogP contribution in [0.3, 0.4) is 0 Å². The molecule has 1 fully saturated rings. The molecule has 7 nitrogen and oxygen atoms in total. The number of carbonyl (C=O) groups excluding carboxylic acids is 1. The predicted molar refractivity (Wildman–Crippen MR) is 127 cm³/mol. The normalized spacial score (nSPS) is 20.9. The van der Waals surface area contributed by atoms with Crippen molar-refractivity contribution in [2.75, 3.05) is 6.54 Å². The summed E-state index contributed by atoms with van der Waals surface area (Å²) in [5.41, 5.74) is 11.0. The molecular weight excluding hydrogens is 424 g/mol. The number of benzene rings is 1. The van der Waals surface area contributed by atoms with Gasteiger partial charge in [-0.1, -0.05) is 45.0 Å². The largest absolute Gasteiger partial charge is 0.481 e. The summed E-state index contributed by atoms with van der Waals surface area (Å²) in [6, 6.07) is 7.70. The number of nitrogens with zero attached hydrogens (tertiary/aromatic N) is 2. The Morgan fingerprint density at radius 2 is 1.97 bits per heavy atom. The van der Waals surface area contributed by atoms with Crippen molar-refractivity contribution in [3.63, 3.8) is 0 Å². The summed E-state index contributed by atoms with van der Waals surface area (Å²) in [6.07, 6.45) is 0.389. The Hall–Kier alpha value is -2.29. The highest BCUT2D eigenvalue weighted by Crippen LogP contribution is 2.31. The van der Waals surface area contributed by atoms with E-state index in [1.807, 2.05) is 33.2 Å². The highest BCUT2D eigenvalue weighted by atomic mass is 32.1. The molecule has 32 heavy (non-hydrogen) atoms. The smallest absolute Gasteiger partial charge is 0.303 e. The molecule has 2 heterocycles. The number of thiazole rings is 1. The lowest BCUT2D eigenvalue weighted by Gasteiger charge is -2.34. The first-order chi connectivity index (χ1) is 15.0. The monoisotopic (exact) mass is 458 g/mol. The van der Waals surface area contributed by atoms with E-state index in [9.17, 15) is 14.7 Å². The number of carbonyl (C=O) groups is 2. The lowest BCUT2D eigenvalue weighted by atomic mass is 9.86. The van der Waals surface area contributed by atoms with Crippen molar-refractivity contribution in [2.24, 2.45) is 17.1 Å². The first-order valence-electron chi connectivity index (χ1n) is 11.0. The predicted octanol–water partition coefficient (Wildman–Crippen LogP) is 3.79. The molecule has 3 rings (SSSR count). The minimum Gasteiger partial charge on any atom is -0.481 e. The zero-order chi connectivity index (χ0) is 23.6. The number of aryl methyl sites for hydroxylation is 1. The topological polar surface area (TPSA) is 109 Å². The van der Waals surface area contributed by atoms with Crippen LogP contribution in [0.4, 0.5) is 0 Å². The zero-order valence-corrected chi connectivity index (χ0v) is 20.3. The Morgan fingerprint density at radius 1 is 1.31 bits per heavy atom. The minimum absolute atomic E-state index is 0.0126. The van der Waals surface area contributed by atoms with E-state index in [0.717, 1.165) is 21.7 Å². The van der Waals surface area contributed by atoms with Crippen molar-refractivity contribution >= 4 is 23.2 Å². The molecule has 0 saturated carbocycles. The molecule has 1 aliphatic rings. The number of aliphatic carboxylic acids is 1.